The number of aliphatic hydroxyl groups is 1. The Morgan fingerprint density at radius 3 is 2.62 bits per heavy atom. The number of carbonyl (C=O) groups is 1. The Morgan fingerprint density at radius 1 is 1.12 bits per heavy atom. The number of methoxy groups -OCH3 is 1. The van der Waals surface area contributed by atoms with Crippen LogP contribution in [0.25, 0.3) is 11.0 Å². The second-order valence-corrected chi connectivity index (χ2v) is 12.6. The van der Waals surface area contributed by atoms with Crippen molar-refractivity contribution in [1.82, 2.24) is 14.6 Å². The lowest BCUT2D eigenvalue weighted by Crippen LogP contribution is -2.38. The number of fused-ring (bicyclic) bond motifs is 1. The van der Waals surface area contributed by atoms with Crippen molar-refractivity contribution in [3.8, 4) is 5.75 Å². The number of sulfonamides is 1. The fourth-order valence-corrected chi connectivity index (χ4v) is 6.53. The van der Waals surface area contributed by atoms with Crippen LogP contribution in [0.1, 0.15) is 17.9 Å². The van der Waals surface area contributed by atoms with E-state index in [0.717, 1.165) is 21.5 Å². The number of furan rings is 1. The number of ether oxygens (including phenoxy) is 3. The van der Waals surface area contributed by atoms with Gasteiger partial charge in [0.25, 0.3) is 11.6 Å². The minimum absolute atomic E-state index is 0.0214. The zero-order chi connectivity index (χ0) is 34.1. The molecular formula is C32H35N5O10S. The minimum Gasteiger partial charge on any atom is -0.497 e. The fraction of sp³-hybridized carbons (Fsp3) is 0.312. The van der Waals surface area contributed by atoms with Crippen LogP contribution in [0.5, 0.6) is 5.75 Å². The van der Waals surface area contributed by atoms with E-state index in [9.17, 15) is 28.4 Å². The molecule has 16 heteroatoms. The molecule has 5 rings (SSSR count). The summed E-state index contributed by atoms with van der Waals surface area (Å²) in [5, 5.41) is 27.1. The zero-order valence-corrected chi connectivity index (χ0v) is 26.8. The van der Waals surface area contributed by atoms with Gasteiger partial charge in [0.1, 0.15) is 23.3 Å². The Labute approximate surface area is 276 Å². The fourth-order valence-electron chi connectivity index (χ4n) is 5.12. The molecule has 0 saturated heterocycles. The standard InChI is InChI=1S/C32H35N5O10S/c1-44-24-7-9-25(10-8-24)48(42,43)36(14-16-38)15-17-45-31-19-22(27-21-46-28-5-3-2-4-26(27)28)18-29(47-31)32(39)34-13-12-33-30-11-6-23(20-35-30)37(40)41/h2-11,18,20-22,31,38H,12-17,19H2,1H3,(H,33,35)(H,34,39)/t22-,31+/m1/s1. The van der Waals surface area contributed by atoms with E-state index in [1.54, 1.807) is 12.3 Å². The van der Waals surface area contributed by atoms with Crippen molar-refractivity contribution in [3.63, 3.8) is 0 Å². The SMILES string of the molecule is COc1ccc(S(=O)(=O)N(CCO)CCO[C@@H]2C[C@H](c3coc4ccccc34)C=C(C(=O)NCCNc3ccc([N+](=O)[O-])cn3)O2)cc1. The second kappa shape index (κ2) is 15.7. The Bertz CT molecular complexity index is 1850. The predicted molar refractivity (Wildman–Crippen MR) is 174 cm³/mol. The molecule has 48 heavy (non-hydrogen) atoms. The maximum atomic E-state index is 13.3. The lowest BCUT2D eigenvalue weighted by Gasteiger charge is -2.30. The van der Waals surface area contributed by atoms with Crippen LogP contribution in [0.4, 0.5) is 11.5 Å². The summed E-state index contributed by atoms with van der Waals surface area (Å²) >= 11 is 0. The van der Waals surface area contributed by atoms with Gasteiger partial charge >= 0.3 is 0 Å². The van der Waals surface area contributed by atoms with Crippen LogP contribution in [0.3, 0.4) is 0 Å². The molecule has 1 amide bonds. The maximum Gasteiger partial charge on any atom is 0.287 e. The number of hydrogen-bond donors (Lipinski definition) is 3. The highest BCUT2D eigenvalue weighted by atomic mass is 32.2. The first-order valence-corrected chi connectivity index (χ1v) is 16.5. The number of nitrogens with zero attached hydrogens (tertiary/aromatic N) is 3. The summed E-state index contributed by atoms with van der Waals surface area (Å²) < 4.78 is 50.6. The van der Waals surface area contributed by atoms with Crippen molar-refractivity contribution in [1.29, 1.82) is 0 Å². The molecule has 2 atom stereocenters. The molecule has 2 aromatic heterocycles. The molecule has 0 saturated carbocycles. The third-order valence-corrected chi connectivity index (χ3v) is 9.47. The van der Waals surface area contributed by atoms with Crippen molar-refractivity contribution >= 4 is 38.4 Å². The number of anilines is 1. The summed E-state index contributed by atoms with van der Waals surface area (Å²) in [4.78, 5) is 27.5. The molecule has 15 nitrogen and oxygen atoms in total. The molecule has 3 N–H and O–H groups in total. The minimum atomic E-state index is -3.96. The van der Waals surface area contributed by atoms with Gasteiger partial charge in [-0.05, 0) is 42.5 Å². The van der Waals surface area contributed by atoms with E-state index in [-0.39, 0.29) is 55.0 Å². The largest absolute Gasteiger partial charge is 0.497 e. The quantitative estimate of drug-likeness (QED) is 0.0887. The van der Waals surface area contributed by atoms with E-state index in [0.29, 0.717) is 23.6 Å². The third-order valence-electron chi connectivity index (χ3n) is 7.56. The number of nitro groups is 1. The number of allylic oxidation sites excluding steroid dienone is 1. The highest BCUT2D eigenvalue weighted by Gasteiger charge is 2.31. The highest BCUT2D eigenvalue weighted by Crippen LogP contribution is 2.36. The average molecular weight is 682 g/mol. The smallest absolute Gasteiger partial charge is 0.287 e. The number of hydrogen-bond acceptors (Lipinski definition) is 12. The molecule has 0 bridgehead atoms. The molecule has 4 aromatic rings. The zero-order valence-electron chi connectivity index (χ0n) is 26.0. The van der Waals surface area contributed by atoms with Gasteiger partial charge in [0, 0.05) is 55.5 Å². The molecule has 0 unspecified atom stereocenters. The second-order valence-electron chi connectivity index (χ2n) is 10.6. The molecular weight excluding hydrogens is 646 g/mol. The van der Waals surface area contributed by atoms with E-state index >= 15 is 0 Å². The van der Waals surface area contributed by atoms with Gasteiger partial charge in [-0.3, -0.25) is 14.9 Å². The number of benzene rings is 2. The highest BCUT2D eigenvalue weighted by molar-refractivity contribution is 7.89. The Morgan fingerprint density at radius 2 is 1.92 bits per heavy atom. The van der Waals surface area contributed by atoms with Gasteiger partial charge in [-0.1, -0.05) is 18.2 Å². The predicted octanol–water partition coefficient (Wildman–Crippen LogP) is 3.39. The first kappa shape index (κ1) is 34.3. The summed E-state index contributed by atoms with van der Waals surface area (Å²) in [5.74, 6) is 0.113. The van der Waals surface area contributed by atoms with Crippen LogP contribution >= 0.6 is 0 Å². The van der Waals surface area contributed by atoms with Crippen molar-refractivity contribution in [3.05, 3.63) is 101 Å². The van der Waals surface area contributed by atoms with Crippen LogP contribution in [0, 0.1) is 10.1 Å². The van der Waals surface area contributed by atoms with Crippen molar-refractivity contribution in [2.45, 2.75) is 23.5 Å². The van der Waals surface area contributed by atoms with Gasteiger partial charge in [-0.2, -0.15) is 4.31 Å². The maximum absolute atomic E-state index is 13.3. The molecule has 0 aliphatic carbocycles. The van der Waals surface area contributed by atoms with Gasteiger partial charge in [0.15, 0.2) is 5.76 Å². The average Bonchev–Trinajstić information content (AvgIpc) is 3.54. The van der Waals surface area contributed by atoms with Crippen molar-refractivity contribution in [2.75, 3.05) is 51.8 Å². The molecule has 254 valence electrons. The lowest BCUT2D eigenvalue weighted by atomic mass is 9.92. The molecule has 2 aromatic carbocycles. The Kier molecular flexibility index (Phi) is 11.2. The van der Waals surface area contributed by atoms with E-state index in [1.807, 2.05) is 24.3 Å². The van der Waals surface area contributed by atoms with E-state index in [4.69, 9.17) is 18.6 Å². The lowest BCUT2D eigenvalue weighted by molar-refractivity contribution is -0.385. The van der Waals surface area contributed by atoms with Crippen LogP contribution in [0.2, 0.25) is 0 Å². The van der Waals surface area contributed by atoms with Gasteiger partial charge < -0.3 is 34.4 Å². The Balaban J connectivity index is 1.25. The monoisotopic (exact) mass is 681 g/mol. The van der Waals surface area contributed by atoms with Gasteiger partial charge in [0.2, 0.25) is 16.3 Å². The van der Waals surface area contributed by atoms with Crippen LogP contribution in [-0.4, -0.2) is 86.4 Å². The van der Waals surface area contributed by atoms with Crippen LogP contribution in [-0.2, 0) is 24.3 Å². The van der Waals surface area contributed by atoms with Crippen molar-refractivity contribution in [2.24, 2.45) is 0 Å². The molecule has 0 fully saturated rings. The van der Waals surface area contributed by atoms with E-state index in [2.05, 4.69) is 15.6 Å². The summed E-state index contributed by atoms with van der Waals surface area (Å²) in [6.45, 7) is -0.246. The van der Waals surface area contributed by atoms with Crippen LogP contribution < -0.4 is 15.4 Å². The molecule has 1 aliphatic heterocycles. The summed E-state index contributed by atoms with van der Waals surface area (Å²) in [7, 11) is -2.47. The van der Waals surface area contributed by atoms with Gasteiger partial charge in [0.05, 0.1) is 36.4 Å². The third kappa shape index (κ3) is 8.27. The first-order valence-electron chi connectivity index (χ1n) is 15.0. The summed E-state index contributed by atoms with van der Waals surface area (Å²) in [6.07, 6.45) is 3.88. The molecule has 0 radical (unpaired) electrons. The molecule has 1 aliphatic rings. The summed E-state index contributed by atoms with van der Waals surface area (Å²) in [5.41, 5.74) is 1.39. The number of aromatic nitrogens is 1. The number of aliphatic hydroxyl groups excluding tert-OH is 1. The number of amides is 1. The number of carbonyl (C=O) groups excluding carboxylic acids is 1. The van der Waals surface area contributed by atoms with Crippen molar-refractivity contribution < 1.29 is 41.9 Å². The van der Waals surface area contributed by atoms with Gasteiger partial charge in [-0.25, -0.2) is 13.4 Å². The number of rotatable bonds is 16. The summed E-state index contributed by atoms with van der Waals surface area (Å²) in [6, 6.07) is 16.2. The van der Waals surface area contributed by atoms with E-state index in [1.165, 1.54) is 43.5 Å². The topological polar surface area (TPSA) is 196 Å². The number of nitrogens with one attached hydrogen (secondary N) is 2. The van der Waals surface area contributed by atoms with E-state index < -0.39 is 33.8 Å². The first-order chi connectivity index (χ1) is 23.2. The number of para-hydroxylation sites is 1. The van der Waals surface area contributed by atoms with Crippen LogP contribution in [0.15, 0.2) is 94.3 Å². The normalized spacial score (nSPS) is 16.3. The molecule has 3 heterocycles. The van der Waals surface area contributed by atoms with Gasteiger partial charge in [-0.15, -0.1) is 0 Å². The Hall–Kier alpha value is -5.03. The number of pyridine rings is 1. The molecule has 0 spiro atoms.